The molecule has 0 aromatic heterocycles. The van der Waals surface area contributed by atoms with Crippen molar-refractivity contribution in [1.29, 1.82) is 0 Å². The zero-order chi connectivity index (χ0) is 27.8. The largest absolute Gasteiger partial charge is 0.494 e. The van der Waals surface area contributed by atoms with Crippen molar-refractivity contribution in [1.82, 2.24) is 15.5 Å². The van der Waals surface area contributed by atoms with E-state index >= 15 is 0 Å². The molecular weight excluding hydrogens is 482 g/mol. The van der Waals surface area contributed by atoms with Gasteiger partial charge in [-0.1, -0.05) is 31.1 Å². The standard InChI is InChI=1S/C18H28BN3O3.C7H7BF2O2/c1-5-21-17(24)10-22(18(2,3)12-20-13-23)9-14-6-7-15-11-25-19(4)16(15)8-14;1-4-2-3-5(9)6(7(4)10)8(11)12/h6-8,13H,5,9-12H2,1-4H3,(H,20,23)(H,21,24);2-3,11-12H,1H3. The van der Waals surface area contributed by atoms with E-state index in [-0.39, 0.29) is 30.5 Å². The summed E-state index contributed by atoms with van der Waals surface area (Å²) in [4.78, 5) is 24.9. The Hall–Kier alpha value is -2.79. The lowest BCUT2D eigenvalue weighted by atomic mass is 9.64. The average molecular weight is 517 g/mol. The molecule has 0 spiro atoms. The Kier molecular flexibility index (Phi) is 11.2. The molecule has 1 aliphatic rings. The molecule has 2 aromatic rings. The highest BCUT2D eigenvalue weighted by Crippen LogP contribution is 2.19. The molecule has 1 heterocycles. The minimum Gasteiger partial charge on any atom is -0.427 e. The summed E-state index contributed by atoms with van der Waals surface area (Å²) in [6.45, 7) is 12.2. The third-order valence-corrected chi connectivity index (χ3v) is 6.27. The molecule has 2 amide bonds. The van der Waals surface area contributed by atoms with Gasteiger partial charge in [0.2, 0.25) is 12.3 Å². The summed E-state index contributed by atoms with van der Waals surface area (Å²) in [5, 5.41) is 22.8. The van der Waals surface area contributed by atoms with E-state index in [2.05, 4.69) is 40.6 Å². The summed E-state index contributed by atoms with van der Waals surface area (Å²) < 4.78 is 31.3. The van der Waals surface area contributed by atoms with Gasteiger partial charge in [-0.05, 0) is 55.9 Å². The van der Waals surface area contributed by atoms with Crippen molar-refractivity contribution in [2.24, 2.45) is 0 Å². The van der Waals surface area contributed by atoms with Crippen LogP contribution in [0.25, 0.3) is 0 Å². The normalized spacial score (nSPS) is 12.5. The minimum absolute atomic E-state index is 0.0143. The van der Waals surface area contributed by atoms with Crippen LogP contribution in [0.3, 0.4) is 0 Å². The van der Waals surface area contributed by atoms with Crippen molar-refractivity contribution < 1.29 is 33.1 Å². The lowest BCUT2D eigenvalue weighted by Gasteiger charge is -2.38. The molecule has 1 aliphatic heterocycles. The van der Waals surface area contributed by atoms with E-state index < -0.39 is 24.2 Å². The third kappa shape index (κ3) is 8.36. The predicted octanol–water partition coefficient (Wildman–Crippen LogP) is 0.461. The van der Waals surface area contributed by atoms with Crippen LogP contribution in [0.2, 0.25) is 6.82 Å². The number of nitrogens with one attached hydrogen (secondary N) is 2. The number of carbonyl (C=O) groups is 2. The molecule has 0 fully saturated rings. The number of rotatable bonds is 10. The van der Waals surface area contributed by atoms with E-state index in [9.17, 15) is 18.4 Å². The zero-order valence-electron chi connectivity index (χ0n) is 22.0. The summed E-state index contributed by atoms with van der Waals surface area (Å²) in [5.41, 5.74) is 2.72. The van der Waals surface area contributed by atoms with Crippen molar-refractivity contribution in [2.45, 2.75) is 53.2 Å². The number of benzene rings is 2. The van der Waals surface area contributed by atoms with Crippen LogP contribution in [0.5, 0.6) is 0 Å². The Morgan fingerprint density at radius 1 is 1.27 bits per heavy atom. The number of nitrogens with zero attached hydrogens (tertiary/aromatic N) is 1. The monoisotopic (exact) mass is 517 g/mol. The predicted molar refractivity (Wildman–Crippen MR) is 141 cm³/mol. The van der Waals surface area contributed by atoms with Gasteiger partial charge in [0.25, 0.3) is 0 Å². The van der Waals surface area contributed by atoms with E-state index in [0.29, 0.717) is 32.7 Å². The second kappa shape index (κ2) is 13.7. The molecule has 0 unspecified atom stereocenters. The van der Waals surface area contributed by atoms with E-state index in [4.69, 9.17) is 14.7 Å². The highest BCUT2D eigenvalue weighted by molar-refractivity contribution is 6.67. The molecule has 0 radical (unpaired) electrons. The molecule has 37 heavy (non-hydrogen) atoms. The van der Waals surface area contributed by atoms with Crippen LogP contribution in [-0.2, 0) is 27.4 Å². The number of halogens is 2. The second-order valence-electron chi connectivity index (χ2n) is 9.57. The van der Waals surface area contributed by atoms with Gasteiger partial charge in [0.1, 0.15) is 11.6 Å². The lowest BCUT2D eigenvalue weighted by molar-refractivity contribution is -0.123. The van der Waals surface area contributed by atoms with E-state index in [0.717, 1.165) is 11.6 Å². The summed E-state index contributed by atoms with van der Waals surface area (Å²) in [6, 6.07) is 8.59. The highest BCUT2D eigenvalue weighted by Gasteiger charge is 2.29. The first-order valence-electron chi connectivity index (χ1n) is 12.1. The maximum Gasteiger partial charge on any atom is 0.494 e. The van der Waals surface area contributed by atoms with Crippen LogP contribution in [-0.4, -0.2) is 66.5 Å². The summed E-state index contributed by atoms with van der Waals surface area (Å²) in [7, 11) is -2.11. The zero-order valence-corrected chi connectivity index (χ0v) is 22.0. The lowest BCUT2D eigenvalue weighted by Crippen LogP contribution is -2.53. The third-order valence-electron chi connectivity index (χ3n) is 6.27. The van der Waals surface area contributed by atoms with Crippen LogP contribution in [0.15, 0.2) is 30.3 Å². The molecule has 0 atom stereocenters. The number of amides is 2. The molecular formula is C25H35B2F2N3O5. The number of hydrogen-bond acceptors (Lipinski definition) is 6. The molecule has 0 bridgehead atoms. The summed E-state index contributed by atoms with van der Waals surface area (Å²) in [6.07, 6.45) is 0.695. The summed E-state index contributed by atoms with van der Waals surface area (Å²) >= 11 is 0. The van der Waals surface area contributed by atoms with Gasteiger partial charge in [-0.3, -0.25) is 14.5 Å². The fourth-order valence-electron chi connectivity index (χ4n) is 4.01. The van der Waals surface area contributed by atoms with Crippen molar-refractivity contribution in [3.8, 4) is 0 Å². The van der Waals surface area contributed by atoms with Gasteiger partial charge in [-0.25, -0.2) is 8.78 Å². The number of aryl methyl sites for hydroxylation is 1. The number of likely N-dealkylation sites (N-methyl/N-ethyl adjacent to an activating group) is 1. The first-order chi connectivity index (χ1) is 17.4. The van der Waals surface area contributed by atoms with Crippen LogP contribution < -0.4 is 21.6 Å². The Labute approximate surface area is 217 Å². The average Bonchev–Trinajstić information content (AvgIpc) is 3.20. The quantitative estimate of drug-likeness (QED) is 0.270. The van der Waals surface area contributed by atoms with Gasteiger partial charge < -0.3 is 25.3 Å². The molecule has 12 heteroatoms. The molecule has 0 saturated heterocycles. The highest BCUT2D eigenvalue weighted by atomic mass is 19.1. The Morgan fingerprint density at radius 2 is 1.97 bits per heavy atom. The van der Waals surface area contributed by atoms with Gasteiger partial charge in [-0.2, -0.15) is 0 Å². The van der Waals surface area contributed by atoms with E-state index in [1.165, 1.54) is 24.0 Å². The maximum absolute atomic E-state index is 13.0. The van der Waals surface area contributed by atoms with Crippen LogP contribution >= 0.6 is 0 Å². The number of hydrogen-bond donors (Lipinski definition) is 4. The van der Waals surface area contributed by atoms with Gasteiger partial charge in [0.15, 0.2) is 0 Å². The van der Waals surface area contributed by atoms with Crippen LogP contribution in [0.1, 0.15) is 37.5 Å². The Bertz CT molecular complexity index is 1090. The SMILES string of the molecule is CCNC(=O)CN(Cc1ccc2c(c1)B(C)OC2)C(C)(C)CNC=O.Cc1ccc(F)c(B(O)O)c1F. The van der Waals surface area contributed by atoms with E-state index in [1.807, 2.05) is 20.8 Å². The van der Waals surface area contributed by atoms with Crippen molar-refractivity contribution in [3.63, 3.8) is 0 Å². The van der Waals surface area contributed by atoms with Gasteiger partial charge in [0, 0.05) is 25.2 Å². The molecule has 0 saturated carbocycles. The first kappa shape index (κ1) is 30.4. The fourth-order valence-corrected chi connectivity index (χ4v) is 4.01. The molecule has 3 rings (SSSR count). The van der Waals surface area contributed by atoms with Crippen molar-refractivity contribution >= 4 is 37.3 Å². The molecule has 4 N–H and O–H groups in total. The number of fused-ring (bicyclic) bond motifs is 1. The van der Waals surface area contributed by atoms with E-state index in [1.54, 1.807) is 0 Å². The van der Waals surface area contributed by atoms with Gasteiger partial charge in [0.05, 0.1) is 18.6 Å². The topological polar surface area (TPSA) is 111 Å². The number of carbonyl (C=O) groups excluding carboxylic acids is 2. The fraction of sp³-hybridized carbons (Fsp3) is 0.440. The molecule has 0 aliphatic carbocycles. The molecule has 8 nitrogen and oxygen atoms in total. The Balaban J connectivity index is 0.000000335. The van der Waals surface area contributed by atoms with Gasteiger partial charge in [-0.15, -0.1) is 0 Å². The maximum atomic E-state index is 13.0. The van der Waals surface area contributed by atoms with Crippen molar-refractivity contribution in [2.75, 3.05) is 19.6 Å². The van der Waals surface area contributed by atoms with Crippen LogP contribution in [0, 0.1) is 18.6 Å². The first-order valence-corrected chi connectivity index (χ1v) is 12.1. The van der Waals surface area contributed by atoms with Gasteiger partial charge >= 0.3 is 14.0 Å². The minimum atomic E-state index is -2.11. The van der Waals surface area contributed by atoms with Crippen LogP contribution in [0.4, 0.5) is 8.78 Å². The van der Waals surface area contributed by atoms with Crippen molar-refractivity contribution in [3.05, 3.63) is 58.7 Å². The molecule has 2 aromatic carbocycles. The smallest absolute Gasteiger partial charge is 0.427 e. The Morgan fingerprint density at radius 3 is 2.57 bits per heavy atom. The second-order valence-corrected chi connectivity index (χ2v) is 9.57. The molecule has 200 valence electrons. The summed E-state index contributed by atoms with van der Waals surface area (Å²) in [5.74, 6) is -1.88.